The van der Waals surface area contributed by atoms with Crippen LogP contribution in [0.2, 0.25) is 0 Å². The largest absolute Gasteiger partial charge is 0.482 e. The molecule has 0 spiro atoms. The van der Waals surface area contributed by atoms with Crippen LogP contribution in [0.15, 0.2) is 24.3 Å². The fourth-order valence-electron chi connectivity index (χ4n) is 2.68. The molecule has 0 aromatic heterocycles. The van der Waals surface area contributed by atoms with Gasteiger partial charge in [-0.05, 0) is 42.5 Å². The third-order valence-corrected chi connectivity index (χ3v) is 3.70. The number of hydrogen-bond donors (Lipinski definition) is 2. The molecule has 1 unspecified atom stereocenters. The molecule has 2 N–H and O–H groups in total. The lowest BCUT2D eigenvalue weighted by atomic mass is 9.75. The molecule has 0 amide bonds. The van der Waals surface area contributed by atoms with Crippen LogP contribution in [0, 0.1) is 5.41 Å². The number of carbonyl (C=O) groups is 1. The molecule has 104 valence electrons. The normalized spacial score (nSPS) is 21.9. The maximum atomic E-state index is 10.4. The molecule has 1 atom stereocenters. The minimum Gasteiger partial charge on any atom is -0.482 e. The zero-order valence-corrected chi connectivity index (χ0v) is 11.5. The van der Waals surface area contributed by atoms with Gasteiger partial charge in [-0.1, -0.05) is 26.0 Å². The van der Waals surface area contributed by atoms with E-state index in [0.717, 1.165) is 6.54 Å². The molecule has 1 aliphatic rings. The maximum Gasteiger partial charge on any atom is 0.341 e. The number of nitrogens with one attached hydrogen (secondary N) is 1. The van der Waals surface area contributed by atoms with Crippen molar-refractivity contribution in [3.8, 4) is 5.75 Å². The molecule has 2 rings (SSSR count). The summed E-state index contributed by atoms with van der Waals surface area (Å²) in [6.07, 6.45) is 2.42. The summed E-state index contributed by atoms with van der Waals surface area (Å²) in [4.78, 5) is 10.4. The first-order chi connectivity index (χ1) is 8.99. The number of benzene rings is 1. The minimum atomic E-state index is -0.959. The second-order valence-corrected chi connectivity index (χ2v) is 5.73. The smallest absolute Gasteiger partial charge is 0.341 e. The van der Waals surface area contributed by atoms with Crippen LogP contribution in [-0.4, -0.2) is 24.2 Å². The number of aliphatic carboxylic acids is 1. The summed E-state index contributed by atoms with van der Waals surface area (Å²) in [6, 6.07) is 8.05. The molecule has 1 fully saturated rings. The van der Waals surface area contributed by atoms with Crippen LogP contribution in [0.25, 0.3) is 0 Å². The molecule has 1 saturated heterocycles. The zero-order chi connectivity index (χ0) is 13.9. The first-order valence-corrected chi connectivity index (χ1v) is 6.67. The molecule has 1 aliphatic heterocycles. The summed E-state index contributed by atoms with van der Waals surface area (Å²) in [5.41, 5.74) is 1.47. The number of ether oxygens (including phenoxy) is 1. The molecule has 4 nitrogen and oxygen atoms in total. The molecular formula is C15H21NO3. The lowest BCUT2D eigenvalue weighted by Gasteiger charge is -2.39. The Bertz CT molecular complexity index is 439. The Hall–Kier alpha value is -1.55. The summed E-state index contributed by atoms with van der Waals surface area (Å²) in [7, 11) is 0. The Balaban J connectivity index is 2.07. The number of carboxylic acids is 1. The van der Waals surface area contributed by atoms with Crippen molar-refractivity contribution in [3.05, 3.63) is 29.8 Å². The Kier molecular flexibility index (Phi) is 4.10. The highest BCUT2D eigenvalue weighted by Crippen LogP contribution is 2.40. The Morgan fingerprint density at radius 3 is 2.68 bits per heavy atom. The van der Waals surface area contributed by atoms with Crippen molar-refractivity contribution >= 4 is 5.97 Å². The summed E-state index contributed by atoms with van der Waals surface area (Å²) >= 11 is 0. The van der Waals surface area contributed by atoms with Gasteiger partial charge in [-0.15, -0.1) is 0 Å². The zero-order valence-electron chi connectivity index (χ0n) is 11.5. The van der Waals surface area contributed by atoms with Gasteiger partial charge in [0.25, 0.3) is 0 Å². The summed E-state index contributed by atoms with van der Waals surface area (Å²) in [5, 5.41) is 12.1. The molecule has 19 heavy (non-hydrogen) atoms. The number of hydrogen-bond acceptors (Lipinski definition) is 3. The van der Waals surface area contributed by atoms with E-state index in [9.17, 15) is 4.79 Å². The molecule has 0 saturated carbocycles. The van der Waals surface area contributed by atoms with Gasteiger partial charge in [0.15, 0.2) is 6.61 Å². The third kappa shape index (κ3) is 3.47. The van der Waals surface area contributed by atoms with Crippen LogP contribution in [-0.2, 0) is 4.79 Å². The predicted molar refractivity (Wildman–Crippen MR) is 73.3 cm³/mol. The monoisotopic (exact) mass is 263 g/mol. The van der Waals surface area contributed by atoms with Gasteiger partial charge in [0.05, 0.1) is 0 Å². The fraction of sp³-hybridized carbons (Fsp3) is 0.533. The molecule has 0 bridgehead atoms. The second kappa shape index (κ2) is 5.61. The summed E-state index contributed by atoms with van der Waals surface area (Å²) in [5.74, 6) is -0.362. The van der Waals surface area contributed by atoms with E-state index >= 15 is 0 Å². The lowest BCUT2D eigenvalue weighted by molar-refractivity contribution is -0.139. The van der Waals surface area contributed by atoms with Gasteiger partial charge in [0.2, 0.25) is 0 Å². The fourth-order valence-corrected chi connectivity index (χ4v) is 2.68. The predicted octanol–water partition coefficient (Wildman–Crippen LogP) is 2.60. The quantitative estimate of drug-likeness (QED) is 0.876. The van der Waals surface area contributed by atoms with E-state index in [1.54, 1.807) is 0 Å². The number of piperidine rings is 1. The van der Waals surface area contributed by atoms with Crippen LogP contribution in [0.5, 0.6) is 5.75 Å². The number of rotatable bonds is 4. The van der Waals surface area contributed by atoms with Gasteiger partial charge in [0, 0.05) is 6.04 Å². The van der Waals surface area contributed by atoms with E-state index in [1.807, 2.05) is 24.3 Å². The average molecular weight is 263 g/mol. The van der Waals surface area contributed by atoms with Gasteiger partial charge in [-0.25, -0.2) is 4.79 Å². The van der Waals surface area contributed by atoms with E-state index in [2.05, 4.69) is 19.2 Å². The van der Waals surface area contributed by atoms with Crippen LogP contribution in [0.1, 0.15) is 38.3 Å². The Labute approximate surface area is 113 Å². The van der Waals surface area contributed by atoms with E-state index in [-0.39, 0.29) is 12.0 Å². The molecular weight excluding hydrogens is 242 g/mol. The first kappa shape index (κ1) is 13.9. The molecule has 0 radical (unpaired) electrons. The lowest BCUT2D eigenvalue weighted by Crippen LogP contribution is -2.39. The van der Waals surface area contributed by atoms with E-state index in [1.165, 1.54) is 18.4 Å². The molecule has 1 heterocycles. The van der Waals surface area contributed by atoms with Gasteiger partial charge >= 0.3 is 5.97 Å². The maximum absolute atomic E-state index is 10.4. The van der Waals surface area contributed by atoms with Gasteiger partial charge in [-0.3, -0.25) is 0 Å². The molecule has 1 aromatic rings. The summed E-state index contributed by atoms with van der Waals surface area (Å²) < 4.78 is 5.14. The van der Waals surface area contributed by atoms with Crippen molar-refractivity contribution in [1.29, 1.82) is 0 Å². The van der Waals surface area contributed by atoms with E-state index < -0.39 is 5.97 Å². The highest BCUT2D eigenvalue weighted by Gasteiger charge is 2.32. The van der Waals surface area contributed by atoms with Gasteiger partial charge in [0.1, 0.15) is 5.75 Å². The van der Waals surface area contributed by atoms with E-state index in [4.69, 9.17) is 9.84 Å². The van der Waals surface area contributed by atoms with Crippen molar-refractivity contribution in [2.24, 2.45) is 5.41 Å². The topological polar surface area (TPSA) is 58.6 Å². The first-order valence-electron chi connectivity index (χ1n) is 6.67. The SMILES string of the molecule is CC1(C)CCCNC1c1ccc(OCC(=O)O)cc1. The number of carboxylic acid groups (broad SMARTS) is 1. The van der Waals surface area contributed by atoms with Crippen LogP contribution in [0.4, 0.5) is 0 Å². The highest BCUT2D eigenvalue weighted by molar-refractivity contribution is 5.68. The molecule has 0 aliphatic carbocycles. The van der Waals surface area contributed by atoms with Crippen LogP contribution in [0.3, 0.4) is 0 Å². The third-order valence-electron chi connectivity index (χ3n) is 3.70. The van der Waals surface area contributed by atoms with Crippen molar-refractivity contribution in [2.45, 2.75) is 32.7 Å². The molecule has 1 aromatic carbocycles. The van der Waals surface area contributed by atoms with E-state index in [0.29, 0.717) is 11.8 Å². The minimum absolute atomic E-state index is 0.238. The van der Waals surface area contributed by atoms with Crippen molar-refractivity contribution in [2.75, 3.05) is 13.2 Å². The average Bonchev–Trinajstić information content (AvgIpc) is 2.37. The Morgan fingerprint density at radius 2 is 2.11 bits per heavy atom. The van der Waals surface area contributed by atoms with Crippen molar-refractivity contribution in [1.82, 2.24) is 5.32 Å². The summed E-state index contributed by atoms with van der Waals surface area (Å²) in [6.45, 7) is 5.30. The van der Waals surface area contributed by atoms with Crippen LogP contribution >= 0.6 is 0 Å². The second-order valence-electron chi connectivity index (χ2n) is 5.73. The Morgan fingerprint density at radius 1 is 1.42 bits per heavy atom. The van der Waals surface area contributed by atoms with Gasteiger partial charge < -0.3 is 15.2 Å². The van der Waals surface area contributed by atoms with Crippen molar-refractivity contribution in [3.63, 3.8) is 0 Å². The highest BCUT2D eigenvalue weighted by atomic mass is 16.5. The standard InChI is InChI=1S/C15H21NO3/c1-15(2)8-3-9-16-14(15)11-4-6-12(7-5-11)19-10-13(17)18/h4-7,14,16H,3,8-10H2,1-2H3,(H,17,18). The van der Waals surface area contributed by atoms with Crippen molar-refractivity contribution < 1.29 is 14.6 Å². The molecule has 4 heteroatoms. The van der Waals surface area contributed by atoms with Crippen LogP contribution < -0.4 is 10.1 Å². The van der Waals surface area contributed by atoms with Gasteiger partial charge in [-0.2, -0.15) is 0 Å².